The van der Waals surface area contributed by atoms with E-state index in [1.807, 2.05) is 22.9 Å². The highest BCUT2D eigenvalue weighted by Crippen LogP contribution is 2.23. The van der Waals surface area contributed by atoms with Crippen molar-refractivity contribution in [3.05, 3.63) is 46.4 Å². The molecular weight excluding hydrogens is 197 g/mol. The van der Waals surface area contributed by atoms with E-state index in [-0.39, 0.29) is 5.56 Å². The van der Waals surface area contributed by atoms with E-state index >= 15 is 0 Å². The predicted molar refractivity (Wildman–Crippen MR) is 54.4 cm³/mol. The molecule has 14 heavy (non-hydrogen) atoms. The summed E-state index contributed by atoms with van der Waals surface area (Å²) in [6.07, 6.45) is 0. The molecule has 0 aliphatic heterocycles. The number of hydrogen-bond donors (Lipinski definition) is 0. The molecule has 1 aromatic carbocycles. The molecule has 0 radical (unpaired) electrons. The van der Waals surface area contributed by atoms with E-state index in [0.29, 0.717) is 0 Å². The van der Waals surface area contributed by atoms with Gasteiger partial charge in [-0.2, -0.15) is 16.6 Å². The van der Waals surface area contributed by atoms with Gasteiger partial charge < -0.3 is 0 Å². The molecule has 1 aromatic heterocycles. The zero-order valence-electron chi connectivity index (χ0n) is 7.20. The molecule has 0 saturated heterocycles. The molecule has 0 aliphatic carbocycles. The third-order valence-corrected chi connectivity index (χ3v) is 2.62. The van der Waals surface area contributed by atoms with Crippen LogP contribution in [-0.2, 0) is 0 Å². The summed E-state index contributed by atoms with van der Waals surface area (Å²) in [6.45, 7) is 0. The van der Waals surface area contributed by atoms with Gasteiger partial charge in [-0.3, -0.25) is 0 Å². The van der Waals surface area contributed by atoms with Gasteiger partial charge in [-0.1, -0.05) is 6.07 Å². The van der Waals surface area contributed by atoms with Crippen molar-refractivity contribution in [1.82, 2.24) is 0 Å². The van der Waals surface area contributed by atoms with Crippen LogP contribution >= 0.6 is 11.3 Å². The van der Waals surface area contributed by atoms with Gasteiger partial charge in [-0.05, 0) is 40.1 Å². The first-order chi connectivity index (χ1) is 6.81. The van der Waals surface area contributed by atoms with Crippen molar-refractivity contribution in [2.75, 3.05) is 0 Å². The van der Waals surface area contributed by atoms with E-state index in [1.54, 1.807) is 23.5 Å². The van der Waals surface area contributed by atoms with Crippen LogP contribution in [-0.4, -0.2) is 0 Å². The van der Waals surface area contributed by atoms with Gasteiger partial charge in [-0.25, -0.2) is 4.39 Å². The molecule has 0 spiro atoms. The van der Waals surface area contributed by atoms with Crippen molar-refractivity contribution < 1.29 is 4.39 Å². The van der Waals surface area contributed by atoms with Crippen molar-refractivity contribution in [1.29, 1.82) is 5.26 Å². The highest BCUT2D eigenvalue weighted by Gasteiger charge is 2.04. The second-order valence-corrected chi connectivity index (χ2v) is 3.60. The third kappa shape index (κ3) is 1.52. The lowest BCUT2D eigenvalue weighted by atomic mass is 10.1. The van der Waals surface area contributed by atoms with Gasteiger partial charge in [-0.15, -0.1) is 0 Å². The normalized spacial score (nSPS) is 9.71. The van der Waals surface area contributed by atoms with Crippen LogP contribution in [0.3, 0.4) is 0 Å². The van der Waals surface area contributed by atoms with Crippen molar-refractivity contribution in [3.8, 4) is 17.2 Å². The Hall–Kier alpha value is -1.66. The second kappa shape index (κ2) is 3.60. The molecule has 0 bridgehead atoms. The molecule has 1 nitrogen and oxygen atoms in total. The van der Waals surface area contributed by atoms with Crippen LogP contribution in [0, 0.1) is 17.1 Å². The van der Waals surface area contributed by atoms with Crippen LogP contribution in [0.2, 0.25) is 0 Å². The maximum absolute atomic E-state index is 13.0. The zero-order chi connectivity index (χ0) is 9.97. The molecule has 0 saturated carbocycles. The Bertz CT molecular complexity index is 482. The summed E-state index contributed by atoms with van der Waals surface area (Å²) in [5.74, 6) is -0.466. The Labute approximate surface area is 85.1 Å². The topological polar surface area (TPSA) is 23.8 Å². The maximum Gasteiger partial charge on any atom is 0.140 e. The molecular formula is C11H6FNS. The van der Waals surface area contributed by atoms with Gasteiger partial charge in [0.05, 0.1) is 5.56 Å². The number of thiophene rings is 1. The minimum absolute atomic E-state index is 0.0914. The van der Waals surface area contributed by atoms with Crippen molar-refractivity contribution in [3.63, 3.8) is 0 Å². The van der Waals surface area contributed by atoms with E-state index in [9.17, 15) is 4.39 Å². The fraction of sp³-hybridized carbons (Fsp3) is 0. The lowest BCUT2D eigenvalue weighted by Gasteiger charge is -1.98. The fourth-order valence-corrected chi connectivity index (χ4v) is 1.88. The summed E-state index contributed by atoms with van der Waals surface area (Å²) >= 11 is 1.58. The summed E-state index contributed by atoms with van der Waals surface area (Å²) in [7, 11) is 0. The van der Waals surface area contributed by atoms with Gasteiger partial charge in [0.2, 0.25) is 0 Å². The minimum atomic E-state index is -0.466. The Morgan fingerprint density at radius 1 is 1.21 bits per heavy atom. The van der Waals surface area contributed by atoms with E-state index in [2.05, 4.69) is 0 Å². The molecule has 0 N–H and O–H groups in total. The Morgan fingerprint density at radius 3 is 2.71 bits per heavy atom. The van der Waals surface area contributed by atoms with Crippen LogP contribution in [0.5, 0.6) is 0 Å². The van der Waals surface area contributed by atoms with Crippen LogP contribution in [0.4, 0.5) is 4.39 Å². The lowest BCUT2D eigenvalue weighted by Crippen LogP contribution is -1.84. The van der Waals surface area contributed by atoms with Crippen molar-refractivity contribution in [2.24, 2.45) is 0 Å². The number of halogens is 1. The molecule has 0 unspecified atom stereocenters. The highest BCUT2D eigenvalue weighted by atomic mass is 32.1. The SMILES string of the molecule is N#Cc1cc(-c2ccsc2)ccc1F. The number of nitriles is 1. The Balaban J connectivity index is 2.53. The standard InChI is InChI=1S/C11H6FNS/c12-11-2-1-8(5-10(11)6-13)9-3-4-14-7-9/h1-5,7H. The van der Waals surface area contributed by atoms with E-state index < -0.39 is 5.82 Å². The number of benzene rings is 1. The van der Waals surface area contributed by atoms with E-state index in [1.165, 1.54) is 6.07 Å². The summed E-state index contributed by atoms with van der Waals surface area (Å²) in [5.41, 5.74) is 1.99. The molecule has 0 amide bonds. The molecule has 1 heterocycles. The van der Waals surface area contributed by atoms with Gasteiger partial charge in [0.15, 0.2) is 0 Å². The van der Waals surface area contributed by atoms with Gasteiger partial charge in [0, 0.05) is 0 Å². The predicted octanol–water partition coefficient (Wildman–Crippen LogP) is 3.43. The quantitative estimate of drug-likeness (QED) is 0.696. The molecule has 2 rings (SSSR count). The number of hydrogen-bond acceptors (Lipinski definition) is 2. The summed E-state index contributed by atoms with van der Waals surface area (Å²) in [6, 6.07) is 8.34. The summed E-state index contributed by atoms with van der Waals surface area (Å²) < 4.78 is 13.0. The maximum atomic E-state index is 13.0. The second-order valence-electron chi connectivity index (χ2n) is 2.82. The number of nitrogens with zero attached hydrogens (tertiary/aromatic N) is 1. The average molecular weight is 203 g/mol. The molecule has 2 aromatic rings. The molecule has 0 aliphatic rings. The Morgan fingerprint density at radius 2 is 2.07 bits per heavy atom. The van der Waals surface area contributed by atoms with Gasteiger partial charge >= 0.3 is 0 Å². The van der Waals surface area contributed by atoms with Crippen molar-refractivity contribution >= 4 is 11.3 Å². The van der Waals surface area contributed by atoms with Crippen molar-refractivity contribution in [2.45, 2.75) is 0 Å². The number of rotatable bonds is 1. The fourth-order valence-electron chi connectivity index (χ4n) is 1.22. The van der Waals surface area contributed by atoms with Crippen LogP contribution < -0.4 is 0 Å². The zero-order valence-corrected chi connectivity index (χ0v) is 8.01. The minimum Gasteiger partial charge on any atom is -0.206 e. The van der Waals surface area contributed by atoms with Gasteiger partial charge in [0.1, 0.15) is 11.9 Å². The smallest absolute Gasteiger partial charge is 0.140 e. The molecule has 0 atom stereocenters. The van der Waals surface area contributed by atoms with E-state index in [4.69, 9.17) is 5.26 Å². The highest BCUT2D eigenvalue weighted by molar-refractivity contribution is 7.08. The first-order valence-electron chi connectivity index (χ1n) is 4.03. The summed E-state index contributed by atoms with van der Waals surface area (Å²) in [4.78, 5) is 0. The average Bonchev–Trinajstić information content (AvgIpc) is 2.71. The van der Waals surface area contributed by atoms with Crippen LogP contribution in [0.15, 0.2) is 35.0 Å². The molecule has 3 heteroatoms. The first-order valence-corrected chi connectivity index (χ1v) is 4.98. The first kappa shape index (κ1) is 8.92. The monoisotopic (exact) mass is 203 g/mol. The Kier molecular flexibility index (Phi) is 2.30. The third-order valence-electron chi connectivity index (χ3n) is 1.94. The lowest BCUT2D eigenvalue weighted by molar-refractivity contribution is 0.624. The molecule has 68 valence electrons. The van der Waals surface area contributed by atoms with E-state index in [0.717, 1.165) is 11.1 Å². The van der Waals surface area contributed by atoms with Gasteiger partial charge in [0.25, 0.3) is 0 Å². The van der Waals surface area contributed by atoms with Crippen LogP contribution in [0.25, 0.3) is 11.1 Å². The van der Waals surface area contributed by atoms with Crippen LogP contribution in [0.1, 0.15) is 5.56 Å². The largest absolute Gasteiger partial charge is 0.206 e. The summed E-state index contributed by atoms with van der Waals surface area (Å²) in [5, 5.41) is 12.6. The molecule has 0 fully saturated rings.